The Bertz CT molecular complexity index is 417. The van der Waals surface area contributed by atoms with Gasteiger partial charge in [0.25, 0.3) is 0 Å². The Morgan fingerprint density at radius 2 is 2.07 bits per heavy atom. The van der Waals surface area contributed by atoms with Gasteiger partial charge in [0.1, 0.15) is 0 Å². The molecule has 2 nitrogen and oxygen atoms in total. The number of hydrogen-bond donors (Lipinski definition) is 1. The molecular formula is C12H15NO. The highest BCUT2D eigenvalue weighted by Crippen LogP contribution is 2.15. The molecule has 1 N–H and O–H groups in total. The third-order valence-corrected chi connectivity index (χ3v) is 2.47. The second-order valence-corrected chi connectivity index (χ2v) is 3.71. The fourth-order valence-corrected chi connectivity index (χ4v) is 1.66. The molecule has 1 heterocycles. The van der Waals surface area contributed by atoms with Crippen molar-refractivity contribution >= 4 is 10.9 Å². The smallest absolute Gasteiger partial charge is 0.0529 e. The summed E-state index contributed by atoms with van der Waals surface area (Å²) in [5, 5.41) is 10.5. The fourth-order valence-electron chi connectivity index (χ4n) is 1.66. The average molecular weight is 189 g/mol. The van der Waals surface area contributed by atoms with Gasteiger partial charge in [-0.1, -0.05) is 18.2 Å². The number of aliphatic hydroxyl groups excluding tert-OH is 1. The first-order valence-electron chi connectivity index (χ1n) is 4.99. The summed E-state index contributed by atoms with van der Waals surface area (Å²) in [5.74, 6) is 0. The third kappa shape index (κ3) is 1.80. The van der Waals surface area contributed by atoms with E-state index in [1.807, 2.05) is 19.1 Å². The summed E-state index contributed by atoms with van der Waals surface area (Å²) < 4.78 is 2.18. The molecular weight excluding hydrogens is 174 g/mol. The number of rotatable bonds is 3. The van der Waals surface area contributed by atoms with Gasteiger partial charge in [0.15, 0.2) is 0 Å². The molecule has 0 amide bonds. The van der Waals surface area contributed by atoms with Gasteiger partial charge < -0.3 is 9.67 Å². The summed E-state index contributed by atoms with van der Waals surface area (Å²) in [6, 6.07) is 10.4. The maximum atomic E-state index is 9.21. The van der Waals surface area contributed by atoms with E-state index in [4.69, 9.17) is 0 Å². The van der Waals surface area contributed by atoms with E-state index in [1.54, 1.807) is 0 Å². The number of aryl methyl sites for hydroxylation is 1. The number of aromatic nitrogens is 1. The molecule has 0 radical (unpaired) electrons. The minimum absolute atomic E-state index is 0.226. The van der Waals surface area contributed by atoms with E-state index in [0.29, 0.717) is 0 Å². The van der Waals surface area contributed by atoms with Gasteiger partial charge in [-0.3, -0.25) is 0 Å². The van der Waals surface area contributed by atoms with Crippen molar-refractivity contribution < 1.29 is 5.11 Å². The van der Waals surface area contributed by atoms with E-state index in [9.17, 15) is 5.11 Å². The van der Waals surface area contributed by atoms with Gasteiger partial charge in [-0.2, -0.15) is 0 Å². The molecule has 1 unspecified atom stereocenters. The summed E-state index contributed by atoms with van der Waals surface area (Å²) in [7, 11) is 0. The van der Waals surface area contributed by atoms with E-state index in [0.717, 1.165) is 13.0 Å². The minimum atomic E-state index is -0.226. The maximum Gasteiger partial charge on any atom is 0.0529 e. The quantitative estimate of drug-likeness (QED) is 0.788. The lowest BCUT2D eigenvalue weighted by Crippen LogP contribution is -2.05. The average Bonchev–Trinajstić information content (AvgIpc) is 2.58. The zero-order chi connectivity index (χ0) is 9.97. The van der Waals surface area contributed by atoms with Crippen LogP contribution in [0.4, 0.5) is 0 Å². The van der Waals surface area contributed by atoms with Crippen LogP contribution >= 0.6 is 0 Å². The Labute approximate surface area is 83.8 Å². The fraction of sp³-hybridized carbons (Fsp3) is 0.333. The number of hydrogen-bond acceptors (Lipinski definition) is 1. The van der Waals surface area contributed by atoms with E-state index >= 15 is 0 Å². The number of aliphatic hydroxyl groups is 1. The second kappa shape index (κ2) is 3.84. The Hall–Kier alpha value is -1.28. The van der Waals surface area contributed by atoms with Gasteiger partial charge in [-0.25, -0.2) is 0 Å². The molecule has 0 bridgehead atoms. The number of para-hydroxylation sites is 1. The first kappa shape index (κ1) is 9.28. The van der Waals surface area contributed by atoms with Gasteiger partial charge >= 0.3 is 0 Å². The Morgan fingerprint density at radius 1 is 1.29 bits per heavy atom. The van der Waals surface area contributed by atoms with Crippen LogP contribution in [-0.4, -0.2) is 15.8 Å². The second-order valence-electron chi connectivity index (χ2n) is 3.71. The highest BCUT2D eigenvalue weighted by Gasteiger charge is 2.01. The topological polar surface area (TPSA) is 25.2 Å². The molecule has 0 saturated carbocycles. The van der Waals surface area contributed by atoms with Gasteiger partial charge in [0.05, 0.1) is 6.10 Å². The molecule has 0 fully saturated rings. The summed E-state index contributed by atoms with van der Waals surface area (Å²) in [5.41, 5.74) is 1.24. The lowest BCUT2D eigenvalue weighted by atomic mass is 10.2. The Morgan fingerprint density at radius 3 is 2.86 bits per heavy atom. The highest BCUT2D eigenvalue weighted by atomic mass is 16.3. The van der Waals surface area contributed by atoms with E-state index in [1.165, 1.54) is 10.9 Å². The molecule has 2 aromatic rings. The molecule has 0 aliphatic carbocycles. The van der Waals surface area contributed by atoms with Crippen LogP contribution in [-0.2, 0) is 6.54 Å². The van der Waals surface area contributed by atoms with E-state index in [2.05, 4.69) is 29.0 Å². The molecule has 0 aliphatic rings. The Balaban J connectivity index is 2.25. The number of benzene rings is 1. The van der Waals surface area contributed by atoms with Crippen LogP contribution < -0.4 is 0 Å². The SMILES string of the molecule is CC(O)CCn1ccc2ccccc21. The van der Waals surface area contributed by atoms with Gasteiger partial charge in [-0.15, -0.1) is 0 Å². The van der Waals surface area contributed by atoms with Crippen LogP contribution in [0, 0.1) is 0 Å². The van der Waals surface area contributed by atoms with Crippen molar-refractivity contribution in [2.24, 2.45) is 0 Å². The highest BCUT2D eigenvalue weighted by molar-refractivity contribution is 5.79. The predicted octanol–water partition coefficient (Wildman–Crippen LogP) is 2.41. The normalized spacial score (nSPS) is 13.3. The first-order chi connectivity index (χ1) is 6.77. The van der Waals surface area contributed by atoms with Crippen molar-refractivity contribution in [3.05, 3.63) is 36.5 Å². The number of fused-ring (bicyclic) bond motifs is 1. The molecule has 1 aromatic heterocycles. The lowest BCUT2D eigenvalue weighted by Gasteiger charge is -2.06. The van der Waals surface area contributed by atoms with E-state index in [-0.39, 0.29) is 6.10 Å². The monoisotopic (exact) mass is 189 g/mol. The van der Waals surface area contributed by atoms with E-state index < -0.39 is 0 Å². The zero-order valence-corrected chi connectivity index (χ0v) is 8.35. The standard InChI is InChI=1S/C12H15NO/c1-10(14)6-8-13-9-7-11-4-2-3-5-12(11)13/h2-5,7,9-10,14H,6,8H2,1H3. The van der Waals surface area contributed by atoms with Crippen LogP contribution in [0.1, 0.15) is 13.3 Å². The van der Waals surface area contributed by atoms with Crippen LogP contribution in [0.25, 0.3) is 10.9 Å². The third-order valence-electron chi connectivity index (χ3n) is 2.47. The number of nitrogens with zero attached hydrogens (tertiary/aromatic N) is 1. The van der Waals surface area contributed by atoms with Crippen molar-refractivity contribution in [3.63, 3.8) is 0 Å². The summed E-state index contributed by atoms with van der Waals surface area (Å²) in [6.07, 6.45) is 2.65. The van der Waals surface area contributed by atoms with Crippen molar-refractivity contribution in [2.75, 3.05) is 0 Å². The molecule has 0 aliphatic heterocycles. The summed E-state index contributed by atoms with van der Waals surface area (Å²) >= 11 is 0. The summed E-state index contributed by atoms with van der Waals surface area (Å²) in [4.78, 5) is 0. The van der Waals surface area contributed by atoms with Crippen LogP contribution in [0.5, 0.6) is 0 Å². The van der Waals surface area contributed by atoms with Crippen molar-refractivity contribution in [1.82, 2.24) is 4.57 Å². The van der Waals surface area contributed by atoms with Gasteiger partial charge in [-0.05, 0) is 30.9 Å². The molecule has 74 valence electrons. The van der Waals surface area contributed by atoms with Crippen LogP contribution in [0.2, 0.25) is 0 Å². The van der Waals surface area contributed by atoms with Crippen molar-refractivity contribution in [2.45, 2.75) is 26.0 Å². The first-order valence-corrected chi connectivity index (χ1v) is 4.99. The molecule has 0 spiro atoms. The van der Waals surface area contributed by atoms with Crippen molar-refractivity contribution in [1.29, 1.82) is 0 Å². The summed E-state index contributed by atoms with van der Waals surface area (Å²) in [6.45, 7) is 2.71. The molecule has 14 heavy (non-hydrogen) atoms. The zero-order valence-electron chi connectivity index (χ0n) is 8.35. The molecule has 1 atom stereocenters. The predicted molar refractivity (Wildman–Crippen MR) is 58.2 cm³/mol. The molecule has 2 rings (SSSR count). The lowest BCUT2D eigenvalue weighted by molar-refractivity contribution is 0.178. The van der Waals surface area contributed by atoms with Gasteiger partial charge in [0.2, 0.25) is 0 Å². The van der Waals surface area contributed by atoms with Crippen molar-refractivity contribution in [3.8, 4) is 0 Å². The Kier molecular flexibility index (Phi) is 2.55. The molecule has 1 aromatic carbocycles. The van der Waals surface area contributed by atoms with Crippen LogP contribution in [0.15, 0.2) is 36.5 Å². The largest absolute Gasteiger partial charge is 0.393 e. The molecule has 2 heteroatoms. The van der Waals surface area contributed by atoms with Gasteiger partial charge in [0, 0.05) is 18.3 Å². The maximum absolute atomic E-state index is 9.21. The van der Waals surface area contributed by atoms with Crippen LogP contribution in [0.3, 0.4) is 0 Å². The molecule has 0 saturated heterocycles. The minimum Gasteiger partial charge on any atom is -0.393 e.